The van der Waals surface area contributed by atoms with Crippen LogP contribution in [-0.2, 0) is 14.3 Å². The molecule has 0 heterocycles. The Morgan fingerprint density at radius 3 is 2.65 bits per heavy atom. The van der Waals surface area contributed by atoms with Crippen LogP contribution in [0.1, 0.15) is 71.6 Å². The summed E-state index contributed by atoms with van der Waals surface area (Å²) in [6.07, 6.45) is 16.0. The first-order chi connectivity index (χ1) is 16.4. The molecular formula is C30H36O4. The molecule has 3 saturated carbocycles. The number of ether oxygens (including phenoxy) is 2. The summed E-state index contributed by atoms with van der Waals surface area (Å²) in [6, 6.07) is 9.36. The van der Waals surface area contributed by atoms with Crippen molar-refractivity contribution in [2.75, 3.05) is 0 Å². The third kappa shape index (κ3) is 3.60. The fourth-order valence-electron chi connectivity index (χ4n) is 8.12. The predicted octanol–water partition coefficient (Wildman–Crippen LogP) is 5.90. The Balaban J connectivity index is 1.37. The standard InChI is InChI=1S/C30H36O4/c1-4-29-17-15-25-24-14-12-22(31)19-21(24)11-13-26(25)27(29)16-18-30(29,5-2)34-28(32)20(3)33-23-9-7-6-8-10-23/h2,6-10,19-20,24-27H,4,11-18H2,1,3H3/t20-,24?,25?,26?,27?,29-,30-/m0/s1. The summed E-state index contributed by atoms with van der Waals surface area (Å²) >= 11 is 0. The van der Waals surface area contributed by atoms with Crippen LogP contribution in [-0.4, -0.2) is 23.5 Å². The number of para-hydroxylation sites is 1. The lowest BCUT2D eigenvalue weighted by Gasteiger charge is -2.56. The molecule has 180 valence electrons. The Kier molecular flexibility index (Phi) is 6.09. The molecule has 0 aromatic heterocycles. The van der Waals surface area contributed by atoms with Crippen molar-refractivity contribution in [3.05, 3.63) is 42.0 Å². The molecule has 4 unspecified atom stereocenters. The first kappa shape index (κ1) is 23.2. The van der Waals surface area contributed by atoms with E-state index in [1.165, 1.54) is 5.57 Å². The van der Waals surface area contributed by atoms with E-state index in [0.717, 1.165) is 51.4 Å². The second-order valence-electron chi connectivity index (χ2n) is 10.9. The fourth-order valence-corrected chi connectivity index (χ4v) is 8.12. The van der Waals surface area contributed by atoms with E-state index < -0.39 is 11.7 Å². The Morgan fingerprint density at radius 1 is 1.12 bits per heavy atom. The number of hydrogen-bond acceptors (Lipinski definition) is 4. The molecule has 0 saturated heterocycles. The van der Waals surface area contributed by atoms with Crippen molar-refractivity contribution in [2.45, 2.75) is 83.3 Å². The van der Waals surface area contributed by atoms with E-state index in [4.69, 9.17) is 15.9 Å². The highest BCUT2D eigenvalue weighted by Crippen LogP contribution is 2.67. The molecule has 4 nitrogen and oxygen atoms in total. The summed E-state index contributed by atoms with van der Waals surface area (Å²) in [5, 5.41) is 0. The molecule has 0 N–H and O–H groups in total. The van der Waals surface area contributed by atoms with Crippen molar-refractivity contribution in [3.63, 3.8) is 0 Å². The van der Waals surface area contributed by atoms with Gasteiger partial charge >= 0.3 is 5.97 Å². The van der Waals surface area contributed by atoms with Crippen molar-refractivity contribution in [2.24, 2.45) is 29.1 Å². The second kappa shape index (κ2) is 8.91. The number of fused-ring (bicyclic) bond motifs is 5. The SMILES string of the molecule is C#C[C@]1(OC(=O)[C@H](C)Oc2ccccc2)CCC2C3CCC4=CC(=O)CCC4C3CC[C@@]21CC. The fraction of sp³-hybridized carbons (Fsp3) is 0.600. The lowest BCUT2D eigenvalue weighted by molar-refractivity contribution is -0.180. The Hall–Kier alpha value is -2.54. The number of hydrogen-bond donors (Lipinski definition) is 0. The number of terminal acetylenes is 1. The third-order valence-electron chi connectivity index (χ3n) is 9.65. The van der Waals surface area contributed by atoms with Gasteiger partial charge in [-0.25, -0.2) is 4.79 Å². The quantitative estimate of drug-likeness (QED) is 0.405. The zero-order chi connectivity index (χ0) is 23.9. The number of rotatable bonds is 5. The van der Waals surface area contributed by atoms with Gasteiger partial charge in [-0.05, 0) is 100 Å². The molecule has 34 heavy (non-hydrogen) atoms. The van der Waals surface area contributed by atoms with Crippen LogP contribution in [0.5, 0.6) is 5.75 Å². The van der Waals surface area contributed by atoms with E-state index in [2.05, 4.69) is 12.8 Å². The Morgan fingerprint density at radius 2 is 1.91 bits per heavy atom. The largest absolute Gasteiger partial charge is 0.479 e. The molecule has 3 fully saturated rings. The van der Waals surface area contributed by atoms with Crippen LogP contribution in [0.3, 0.4) is 0 Å². The maximum atomic E-state index is 13.2. The number of allylic oxidation sites excluding steroid dienone is 1. The van der Waals surface area contributed by atoms with Crippen LogP contribution in [0.25, 0.3) is 0 Å². The molecule has 5 rings (SSSR count). The van der Waals surface area contributed by atoms with Crippen LogP contribution in [0.2, 0.25) is 0 Å². The monoisotopic (exact) mass is 460 g/mol. The molecular weight excluding hydrogens is 424 g/mol. The molecule has 0 bridgehead atoms. The summed E-state index contributed by atoms with van der Waals surface area (Å²) < 4.78 is 12.1. The van der Waals surface area contributed by atoms with E-state index in [1.54, 1.807) is 6.92 Å². The van der Waals surface area contributed by atoms with Crippen molar-refractivity contribution < 1.29 is 19.1 Å². The van der Waals surface area contributed by atoms with Crippen molar-refractivity contribution in [1.29, 1.82) is 0 Å². The van der Waals surface area contributed by atoms with Gasteiger partial charge in [-0.2, -0.15) is 0 Å². The van der Waals surface area contributed by atoms with Gasteiger partial charge in [0.1, 0.15) is 5.75 Å². The highest BCUT2D eigenvalue weighted by atomic mass is 16.6. The number of ketones is 1. The summed E-state index contributed by atoms with van der Waals surface area (Å²) in [4.78, 5) is 25.2. The summed E-state index contributed by atoms with van der Waals surface area (Å²) in [5.41, 5.74) is 0.332. The highest BCUT2D eigenvalue weighted by molar-refractivity contribution is 5.91. The smallest absolute Gasteiger partial charge is 0.348 e. The first-order valence-corrected chi connectivity index (χ1v) is 13.1. The average Bonchev–Trinajstić information content (AvgIpc) is 3.19. The maximum absolute atomic E-state index is 13.2. The van der Waals surface area contributed by atoms with Gasteiger partial charge in [-0.3, -0.25) is 4.79 Å². The van der Waals surface area contributed by atoms with Gasteiger partial charge in [-0.1, -0.05) is 36.6 Å². The highest BCUT2D eigenvalue weighted by Gasteiger charge is 2.66. The molecule has 0 radical (unpaired) electrons. The zero-order valence-corrected chi connectivity index (χ0v) is 20.4. The minimum atomic E-state index is -0.874. The molecule has 1 aromatic rings. The first-order valence-electron chi connectivity index (χ1n) is 13.1. The lowest BCUT2D eigenvalue weighted by Crippen LogP contribution is -2.55. The van der Waals surface area contributed by atoms with E-state index >= 15 is 0 Å². The third-order valence-corrected chi connectivity index (χ3v) is 9.65. The maximum Gasteiger partial charge on any atom is 0.348 e. The minimum absolute atomic E-state index is 0.184. The number of carbonyl (C=O) groups is 2. The summed E-state index contributed by atoms with van der Waals surface area (Å²) in [7, 11) is 0. The lowest BCUT2D eigenvalue weighted by atomic mass is 9.49. The van der Waals surface area contributed by atoms with Crippen LogP contribution in [0, 0.1) is 41.4 Å². The van der Waals surface area contributed by atoms with Crippen molar-refractivity contribution in [3.8, 4) is 18.1 Å². The van der Waals surface area contributed by atoms with Crippen LogP contribution in [0.15, 0.2) is 42.0 Å². The van der Waals surface area contributed by atoms with E-state index in [-0.39, 0.29) is 11.4 Å². The summed E-state index contributed by atoms with van der Waals surface area (Å²) in [5.74, 6) is 5.82. The van der Waals surface area contributed by atoms with Crippen molar-refractivity contribution >= 4 is 11.8 Å². The molecule has 0 spiro atoms. The van der Waals surface area contributed by atoms with Gasteiger partial charge < -0.3 is 9.47 Å². The number of esters is 1. The van der Waals surface area contributed by atoms with Gasteiger partial charge in [0.25, 0.3) is 0 Å². The summed E-state index contributed by atoms with van der Waals surface area (Å²) in [6.45, 7) is 3.96. The number of benzene rings is 1. The molecule has 1 aromatic carbocycles. The minimum Gasteiger partial charge on any atom is -0.479 e. The van der Waals surface area contributed by atoms with Gasteiger partial charge in [0.05, 0.1) is 0 Å². The van der Waals surface area contributed by atoms with Crippen LogP contribution in [0.4, 0.5) is 0 Å². The van der Waals surface area contributed by atoms with Crippen molar-refractivity contribution in [1.82, 2.24) is 0 Å². The average molecular weight is 461 g/mol. The van der Waals surface area contributed by atoms with Gasteiger partial charge in [-0.15, -0.1) is 6.42 Å². The Bertz CT molecular complexity index is 1020. The van der Waals surface area contributed by atoms with Crippen LogP contribution < -0.4 is 4.74 Å². The topological polar surface area (TPSA) is 52.6 Å². The molecule has 0 amide bonds. The molecule has 4 heteroatoms. The van der Waals surface area contributed by atoms with Gasteiger partial charge in [0.2, 0.25) is 0 Å². The van der Waals surface area contributed by atoms with Gasteiger partial charge in [0.15, 0.2) is 17.5 Å². The van der Waals surface area contributed by atoms with E-state index in [0.29, 0.717) is 41.6 Å². The van der Waals surface area contributed by atoms with Crippen LogP contribution >= 0.6 is 0 Å². The van der Waals surface area contributed by atoms with E-state index in [9.17, 15) is 9.59 Å². The van der Waals surface area contributed by atoms with Gasteiger partial charge in [0, 0.05) is 11.8 Å². The number of carbonyl (C=O) groups excluding carboxylic acids is 2. The molecule has 7 atom stereocenters. The normalized spacial score (nSPS) is 37.3. The Labute approximate surface area is 203 Å². The molecule has 4 aliphatic carbocycles. The molecule has 0 aliphatic heterocycles. The van der Waals surface area contributed by atoms with E-state index in [1.807, 2.05) is 36.4 Å². The second-order valence-corrected chi connectivity index (χ2v) is 10.9. The zero-order valence-electron chi connectivity index (χ0n) is 20.4. The predicted molar refractivity (Wildman–Crippen MR) is 131 cm³/mol. The molecule has 4 aliphatic rings.